The fourth-order valence-corrected chi connectivity index (χ4v) is 1.95. The van der Waals surface area contributed by atoms with Crippen molar-refractivity contribution in [1.29, 1.82) is 0 Å². The van der Waals surface area contributed by atoms with Crippen molar-refractivity contribution in [2.45, 2.75) is 12.6 Å². The second-order valence-corrected chi connectivity index (χ2v) is 4.38. The van der Waals surface area contributed by atoms with Gasteiger partial charge >= 0.3 is 12.2 Å². The summed E-state index contributed by atoms with van der Waals surface area (Å²) >= 11 is 1.52. The van der Waals surface area contributed by atoms with Crippen LogP contribution in [0.1, 0.15) is 5.56 Å². The minimum Gasteiger partial charge on any atom is -0.395 e. The first kappa shape index (κ1) is 17.0. The van der Waals surface area contributed by atoms with E-state index in [0.717, 1.165) is 23.1 Å². The molecular weight excluding hydrogens is 395 g/mol. The normalized spacial score (nSPS) is 11.3. The molecule has 0 unspecified atom stereocenters. The Bertz CT molecular complexity index is 482. The zero-order chi connectivity index (χ0) is 15.3. The number of halogens is 5. The number of alkyl halides is 3. The van der Waals surface area contributed by atoms with Gasteiger partial charge in [-0.2, -0.15) is 13.2 Å². The number of hydrogen-bond donors (Lipinski definition) is 2. The van der Waals surface area contributed by atoms with E-state index in [0.29, 0.717) is 0 Å². The number of amides is 2. The molecule has 0 saturated carbocycles. The lowest BCUT2D eigenvalue weighted by atomic mass is 10.1. The van der Waals surface area contributed by atoms with Crippen LogP contribution in [0.15, 0.2) is 18.2 Å². The van der Waals surface area contributed by atoms with E-state index in [4.69, 9.17) is 5.11 Å². The zero-order valence-electron chi connectivity index (χ0n) is 10.0. The maximum atomic E-state index is 13.1. The van der Waals surface area contributed by atoms with Gasteiger partial charge in [-0.05, 0) is 23.8 Å². The van der Waals surface area contributed by atoms with Crippen LogP contribution in [-0.2, 0) is 6.42 Å². The monoisotopic (exact) mass is 406 g/mol. The number of benzene rings is 1. The number of aliphatic hydroxyl groups is 1. The van der Waals surface area contributed by atoms with Crippen LogP contribution in [0.25, 0.3) is 0 Å². The molecule has 0 radical (unpaired) electrons. The van der Waals surface area contributed by atoms with E-state index in [1.807, 2.05) is 0 Å². The Hall–Kier alpha value is -1.10. The molecule has 1 rings (SSSR count). The van der Waals surface area contributed by atoms with Crippen molar-refractivity contribution in [3.63, 3.8) is 0 Å². The van der Waals surface area contributed by atoms with Crippen LogP contribution in [0.2, 0.25) is 0 Å². The Morgan fingerprint density at radius 1 is 1.40 bits per heavy atom. The van der Waals surface area contributed by atoms with Crippen molar-refractivity contribution in [3.05, 3.63) is 29.6 Å². The Morgan fingerprint density at radius 3 is 2.55 bits per heavy atom. The van der Waals surface area contributed by atoms with Crippen molar-refractivity contribution >= 4 is 34.6 Å². The van der Waals surface area contributed by atoms with Crippen molar-refractivity contribution in [2.24, 2.45) is 0 Å². The summed E-state index contributed by atoms with van der Waals surface area (Å²) in [6.45, 7) is -0.641. The van der Waals surface area contributed by atoms with Gasteiger partial charge in [0.05, 0.1) is 42.4 Å². The van der Waals surface area contributed by atoms with Crippen molar-refractivity contribution in [3.8, 4) is 0 Å². The van der Waals surface area contributed by atoms with Gasteiger partial charge in [0.15, 0.2) is 0 Å². The molecule has 1 aromatic carbocycles. The molecule has 9 heteroatoms. The van der Waals surface area contributed by atoms with Crippen LogP contribution in [-0.4, -0.2) is 30.5 Å². The third kappa shape index (κ3) is 4.78. The van der Waals surface area contributed by atoms with Gasteiger partial charge in [-0.25, -0.2) is 9.18 Å². The molecule has 0 heterocycles. The molecule has 4 nitrogen and oxygen atoms in total. The van der Waals surface area contributed by atoms with Crippen molar-refractivity contribution < 1.29 is 27.5 Å². The smallest absolute Gasteiger partial charge is 0.393 e. The summed E-state index contributed by atoms with van der Waals surface area (Å²) in [5, 5.41) is 8.90. The van der Waals surface area contributed by atoms with Crippen LogP contribution in [0.4, 0.5) is 28.0 Å². The Labute approximate surface area is 126 Å². The fraction of sp³-hybridized carbons (Fsp3) is 0.364. The summed E-state index contributed by atoms with van der Waals surface area (Å²) in [7, 11) is 0. The predicted octanol–water partition coefficient (Wildman–Crippen LogP) is 2.79. The molecule has 0 aliphatic rings. The summed E-state index contributed by atoms with van der Waals surface area (Å²) in [6.07, 6.45) is -5.90. The molecule has 20 heavy (non-hydrogen) atoms. The molecule has 0 fully saturated rings. The molecule has 0 aliphatic carbocycles. The van der Waals surface area contributed by atoms with Crippen LogP contribution in [0, 0.1) is 5.82 Å². The van der Waals surface area contributed by atoms with E-state index in [9.17, 15) is 22.4 Å². The SMILES string of the molecule is O=C(NI)N(CCO)c1ccc(F)cc1CC(F)(F)F. The highest BCUT2D eigenvalue weighted by Gasteiger charge is 2.31. The fourth-order valence-electron chi connectivity index (χ4n) is 1.66. The summed E-state index contributed by atoms with van der Waals surface area (Å²) in [5.41, 5.74) is -0.460. The van der Waals surface area contributed by atoms with Crippen LogP contribution >= 0.6 is 22.9 Å². The number of carbonyl (C=O) groups excluding carboxylic acids is 1. The number of rotatable bonds is 4. The van der Waals surface area contributed by atoms with Gasteiger partial charge in [0.25, 0.3) is 0 Å². The third-order valence-corrected chi connectivity index (χ3v) is 2.83. The molecule has 2 N–H and O–H groups in total. The van der Waals surface area contributed by atoms with Gasteiger partial charge in [-0.1, -0.05) is 0 Å². The topological polar surface area (TPSA) is 52.6 Å². The lowest BCUT2D eigenvalue weighted by molar-refractivity contribution is -0.127. The zero-order valence-corrected chi connectivity index (χ0v) is 12.2. The molecule has 112 valence electrons. The largest absolute Gasteiger partial charge is 0.395 e. The summed E-state index contributed by atoms with van der Waals surface area (Å²) in [5.74, 6) is -0.827. The molecule has 0 aromatic heterocycles. The Kier molecular flexibility index (Phi) is 5.99. The van der Waals surface area contributed by atoms with Gasteiger partial charge < -0.3 is 5.11 Å². The summed E-state index contributed by atoms with van der Waals surface area (Å²) < 4.78 is 52.8. The maximum absolute atomic E-state index is 13.1. The van der Waals surface area contributed by atoms with Gasteiger partial charge in [0.2, 0.25) is 0 Å². The lowest BCUT2D eigenvalue weighted by Gasteiger charge is -2.24. The molecule has 0 saturated heterocycles. The van der Waals surface area contributed by atoms with Crippen molar-refractivity contribution in [1.82, 2.24) is 3.53 Å². The number of nitrogens with zero attached hydrogens (tertiary/aromatic N) is 1. The number of hydrogen-bond acceptors (Lipinski definition) is 2. The molecule has 0 spiro atoms. The van der Waals surface area contributed by atoms with Crippen molar-refractivity contribution in [2.75, 3.05) is 18.1 Å². The highest BCUT2D eigenvalue weighted by Crippen LogP contribution is 2.29. The number of carbonyl (C=O) groups is 1. The maximum Gasteiger partial charge on any atom is 0.393 e. The highest BCUT2D eigenvalue weighted by molar-refractivity contribution is 14.1. The molecular formula is C11H11F4IN2O2. The molecule has 0 aliphatic heterocycles. The molecule has 2 amide bonds. The lowest BCUT2D eigenvalue weighted by Crippen LogP contribution is -2.38. The highest BCUT2D eigenvalue weighted by atomic mass is 127. The van der Waals surface area contributed by atoms with E-state index in [-0.39, 0.29) is 17.8 Å². The molecule has 1 aromatic rings. The van der Waals surface area contributed by atoms with E-state index >= 15 is 0 Å². The second kappa shape index (κ2) is 7.07. The van der Waals surface area contributed by atoms with Gasteiger partial charge in [-0.15, -0.1) is 0 Å². The number of anilines is 1. The third-order valence-electron chi connectivity index (χ3n) is 2.37. The number of aliphatic hydroxyl groups excluding tert-OH is 1. The van der Waals surface area contributed by atoms with E-state index in [1.54, 1.807) is 0 Å². The second-order valence-electron chi connectivity index (χ2n) is 3.84. The van der Waals surface area contributed by atoms with E-state index < -0.39 is 31.1 Å². The average molecular weight is 406 g/mol. The van der Waals surface area contributed by atoms with Crippen LogP contribution in [0.5, 0.6) is 0 Å². The average Bonchev–Trinajstić information content (AvgIpc) is 2.34. The predicted molar refractivity (Wildman–Crippen MR) is 73.1 cm³/mol. The van der Waals surface area contributed by atoms with Gasteiger partial charge in [0, 0.05) is 5.69 Å². The quantitative estimate of drug-likeness (QED) is 0.459. The van der Waals surface area contributed by atoms with Crippen LogP contribution in [0.3, 0.4) is 0 Å². The summed E-state index contributed by atoms with van der Waals surface area (Å²) in [4.78, 5) is 12.5. The molecule has 0 bridgehead atoms. The van der Waals surface area contributed by atoms with Gasteiger partial charge in [0.1, 0.15) is 5.82 Å². The number of urea groups is 1. The minimum absolute atomic E-state index is 0.0908. The first-order valence-electron chi connectivity index (χ1n) is 5.42. The van der Waals surface area contributed by atoms with E-state index in [1.165, 1.54) is 22.9 Å². The Balaban J connectivity index is 3.22. The number of nitrogens with one attached hydrogen (secondary N) is 1. The van der Waals surface area contributed by atoms with Gasteiger partial charge in [-0.3, -0.25) is 8.43 Å². The standard InChI is InChI=1S/C11H11F4IN2O2/c12-8-1-2-9(7(5-8)6-11(13,14)15)18(3-4-19)10(20)17-16/h1-2,5,19H,3-4,6H2,(H,17,20). The first-order chi connectivity index (χ1) is 9.28. The minimum atomic E-state index is -4.53. The summed E-state index contributed by atoms with van der Waals surface area (Å²) in [6, 6.07) is 2.07. The van der Waals surface area contributed by atoms with E-state index in [2.05, 4.69) is 3.53 Å². The van der Waals surface area contributed by atoms with Crippen LogP contribution < -0.4 is 8.43 Å². The first-order valence-corrected chi connectivity index (χ1v) is 6.50. The molecule has 0 atom stereocenters. The Morgan fingerprint density at radius 2 is 2.05 bits per heavy atom.